The number of carbonyl (C=O) groups excluding carboxylic acids is 1. The van der Waals surface area contributed by atoms with E-state index in [1.165, 1.54) is 18.5 Å². The number of allylic oxidation sites excluding steroid dienone is 1. The molecule has 1 atom stereocenters. The minimum atomic E-state index is -1.62. The first-order valence-electron chi connectivity index (χ1n) is 5.23. The standard InChI is InChI=1S/C12H12N2O3S/c1-14-11(12(15)17-2)8-10(13-18(14)16)9-6-4-3-5-7-9/h3-8H,1-2H3. The lowest BCUT2D eigenvalue weighted by Crippen LogP contribution is -2.33. The molecule has 1 aromatic carbocycles. The van der Waals surface area contributed by atoms with Gasteiger partial charge in [0.25, 0.3) is 0 Å². The molecule has 5 nitrogen and oxygen atoms in total. The van der Waals surface area contributed by atoms with E-state index in [9.17, 15) is 9.35 Å². The van der Waals surface area contributed by atoms with Crippen LogP contribution < -0.4 is 0 Å². The highest BCUT2D eigenvalue weighted by atomic mass is 32.2. The maximum atomic E-state index is 11.8. The zero-order valence-corrected chi connectivity index (χ0v) is 10.8. The second kappa shape index (κ2) is 5.24. The fourth-order valence-electron chi connectivity index (χ4n) is 1.51. The summed E-state index contributed by atoms with van der Waals surface area (Å²) in [5, 5.41) is 0. The predicted octanol–water partition coefficient (Wildman–Crippen LogP) is 1.06. The van der Waals surface area contributed by atoms with Crippen LogP contribution in [-0.2, 0) is 21.1 Å². The highest BCUT2D eigenvalue weighted by Crippen LogP contribution is 2.19. The van der Waals surface area contributed by atoms with Gasteiger partial charge in [-0.1, -0.05) is 30.3 Å². The van der Waals surface area contributed by atoms with Gasteiger partial charge in [-0.05, 0) is 4.40 Å². The molecule has 0 fully saturated rings. The summed E-state index contributed by atoms with van der Waals surface area (Å²) < 4.78 is 21.8. The Morgan fingerprint density at radius 1 is 1.39 bits per heavy atom. The van der Waals surface area contributed by atoms with E-state index in [0.29, 0.717) is 5.71 Å². The van der Waals surface area contributed by atoms with Crippen molar-refractivity contribution in [2.45, 2.75) is 0 Å². The molecule has 0 amide bonds. The first-order chi connectivity index (χ1) is 8.63. The molecule has 0 aromatic heterocycles. The van der Waals surface area contributed by atoms with Crippen molar-refractivity contribution in [2.24, 2.45) is 4.40 Å². The summed E-state index contributed by atoms with van der Waals surface area (Å²) in [6, 6.07) is 9.26. The van der Waals surface area contributed by atoms with Crippen LogP contribution in [0, 0.1) is 0 Å². The SMILES string of the molecule is COC(=O)C1=CC(c2ccccc2)=N[S+]([O-])N1C. The highest BCUT2D eigenvalue weighted by molar-refractivity contribution is 7.88. The molecule has 1 heterocycles. The van der Waals surface area contributed by atoms with E-state index in [-0.39, 0.29) is 5.70 Å². The van der Waals surface area contributed by atoms with Gasteiger partial charge in [0.15, 0.2) is 5.70 Å². The van der Waals surface area contributed by atoms with E-state index in [4.69, 9.17) is 0 Å². The molecule has 0 bridgehead atoms. The Balaban J connectivity index is 2.40. The van der Waals surface area contributed by atoms with Gasteiger partial charge in [-0.25, -0.2) is 4.79 Å². The number of nitrogens with zero attached hydrogens (tertiary/aromatic N) is 2. The van der Waals surface area contributed by atoms with Crippen molar-refractivity contribution in [2.75, 3.05) is 14.2 Å². The summed E-state index contributed by atoms with van der Waals surface area (Å²) in [5.41, 5.74) is 1.54. The Bertz CT molecular complexity index is 513. The summed E-state index contributed by atoms with van der Waals surface area (Å²) >= 11 is -1.62. The van der Waals surface area contributed by atoms with E-state index < -0.39 is 17.5 Å². The van der Waals surface area contributed by atoms with Crippen LogP contribution in [0.4, 0.5) is 0 Å². The maximum Gasteiger partial charge on any atom is 0.359 e. The molecule has 0 N–H and O–H groups in total. The summed E-state index contributed by atoms with van der Waals surface area (Å²) in [7, 11) is 2.82. The predicted molar refractivity (Wildman–Crippen MR) is 69.0 cm³/mol. The van der Waals surface area contributed by atoms with Gasteiger partial charge in [-0.3, -0.25) is 0 Å². The number of hydrogen-bond donors (Lipinski definition) is 0. The van der Waals surface area contributed by atoms with E-state index in [0.717, 1.165) is 5.56 Å². The minimum absolute atomic E-state index is 0.227. The molecule has 1 aromatic rings. The van der Waals surface area contributed by atoms with Crippen LogP contribution in [0.2, 0.25) is 0 Å². The van der Waals surface area contributed by atoms with Gasteiger partial charge in [-0.2, -0.15) is 4.31 Å². The van der Waals surface area contributed by atoms with Gasteiger partial charge in [0.1, 0.15) is 5.71 Å². The number of esters is 1. The molecule has 0 radical (unpaired) electrons. The van der Waals surface area contributed by atoms with Gasteiger partial charge in [-0.15, -0.1) is 0 Å². The molecule has 1 aliphatic rings. The third kappa shape index (κ3) is 2.39. The van der Waals surface area contributed by atoms with Crippen LogP contribution in [0.5, 0.6) is 0 Å². The summed E-state index contributed by atoms with van der Waals surface area (Å²) in [6.07, 6.45) is 1.57. The van der Waals surface area contributed by atoms with E-state index >= 15 is 0 Å². The molecule has 0 saturated heterocycles. The monoisotopic (exact) mass is 264 g/mol. The summed E-state index contributed by atoms with van der Waals surface area (Å²) in [4.78, 5) is 11.6. The number of likely N-dealkylation sites (N-methyl/N-ethyl adjacent to an activating group) is 1. The number of hydrogen-bond acceptors (Lipinski definition) is 5. The molecule has 0 aliphatic carbocycles. The lowest BCUT2D eigenvalue weighted by Gasteiger charge is -2.22. The van der Waals surface area contributed by atoms with Crippen molar-refractivity contribution in [3.05, 3.63) is 47.7 Å². The highest BCUT2D eigenvalue weighted by Gasteiger charge is 2.30. The van der Waals surface area contributed by atoms with Gasteiger partial charge in [0.05, 0.1) is 14.2 Å². The average molecular weight is 264 g/mol. The van der Waals surface area contributed by atoms with E-state index in [2.05, 4.69) is 9.13 Å². The van der Waals surface area contributed by atoms with E-state index in [1.54, 1.807) is 6.08 Å². The maximum absolute atomic E-state index is 11.8. The van der Waals surface area contributed by atoms with E-state index in [1.807, 2.05) is 30.3 Å². The Morgan fingerprint density at radius 2 is 2.06 bits per heavy atom. The fourth-order valence-corrected chi connectivity index (χ4v) is 2.26. The van der Waals surface area contributed by atoms with Crippen molar-refractivity contribution in [1.82, 2.24) is 4.31 Å². The number of benzene rings is 1. The van der Waals surface area contributed by atoms with Gasteiger partial charge < -0.3 is 9.29 Å². The first-order valence-corrected chi connectivity index (χ1v) is 6.29. The van der Waals surface area contributed by atoms with Crippen LogP contribution >= 0.6 is 0 Å². The molecule has 94 valence electrons. The van der Waals surface area contributed by atoms with Gasteiger partial charge >= 0.3 is 5.97 Å². The molecular formula is C12H12N2O3S. The topological polar surface area (TPSA) is 65.0 Å². The number of rotatable bonds is 2. The molecule has 18 heavy (non-hydrogen) atoms. The zero-order chi connectivity index (χ0) is 13.1. The molecule has 1 aliphatic heterocycles. The Labute approximate surface area is 108 Å². The van der Waals surface area contributed by atoms with Crippen molar-refractivity contribution < 1.29 is 14.1 Å². The van der Waals surface area contributed by atoms with Crippen molar-refractivity contribution in [3.63, 3.8) is 0 Å². The van der Waals surface area contributed by atoms with Crippen LogP contribution in [0.15, 0.2) is 46.5 Å². The number of methoxy groups -OCH3 is 1. The number of carbonyl (C=O) groups is 1. The summed E-state index contributed by atoms with van der Waals surface area (Å²) in [5.74, 6) is -0.533. The summed E-state index contributed by atoms with van der Waals surface area (Å²) in [6.45, 7) is 0. The lowest BCUT2D eigenvalue weighted by atomic mass is 10.1. The second-order valence-electron chi connectivity index (χ2n) is 3.59. The van der Waals surface area contributed by atoms with Crippen LogP contribution in [0.25, 0.3) is 0 Å². The second-order valence-corrected chi connectivity index (χ2v) is 4.78. The molecule has 0 spiro atoms. The third-order valence-corrected chi connectivity index (χ3v) is 3.51. The smallest absolute Gasteiger partial charge is 0.359 e. The molecule has 6 heteroatoms. The largest absolute Gasteiger partial charge is 0.566 e. The van der Waals surface area contributed by atoms with Crippen LogP contribution in [-0.4, -0.2) is 34.7 Å². The quantitative estimate of drug-likeness (QED) is 0.591. The molecular weight excluding hydrogens is 252 g/mol. The first kappa shape index (κ1) is 12.7. The Morgan fingerprint density at radius 3 is 2.67 bits per heavy atom. The third-order valence-electron chi connectivity index (χ3n) is 2.49. The average Bonchev–Trinajstić information content (AvgIpc) is 2.41. The molecule has 2 rings (SSSR count). The Kier molecular flexibility index (Phi) is 3.69. The normalized spacial score (nSPS) is 19.1. The molecule has 0 saturated carbocycles. The Hall–Kier alpha value is -1.79. The zero-order valence-electron chi connectivity index (χ0n) is 9.99. The van der Waals surface area contributed by atoms with Crippen molar-refractivity contribution >= 4 is 23.2 Å². The lowest BCUT2D eigenvalue weighted by molar-refractivity contribution is -0.137. The fraction of sp³-hybridized carbons (Fsp3) is 0.167. The van der Waals surface area contributed by atoms with Gasteiger partial charge in [0.2, 0.25) is 11.5 Å². The number of ether oxygens (including phenoxy) is 1. The minimum Gasteiger partial charge on any atom is -0.566 e. The van der Waals surface area contributed by atoms with Crippen LogP contribution in [0.3, 0.4) is 0 Å². The van der Waals surface area contributed by atoms with Crippen molar-refractivity contribution in [3.8, 4) is 0 Å². The van der Waals surface area contributed by atoms with Crippen molar-refractivity contribution in [1.29, 1.82) is 0 Å². The molecule has 1 unspecified atom stereocenters. The van der Waals surface area contributed by atoms with Gasteiger partial charge in [0, 0.05) is 11.6 Å². The van der Waals surface area contributed by atoms with Crippen LogP contribution in [0.1, 0.15) is 5.56 Å².